The lowest BCUT2D eigenvalue weighted by Crippen LogP contribution is -2.49. The van der Waals surface area contributed by atoms with E-state index in [2.05, 4.69) is 30.4 Å². The SMILES string of the molecule is COCC(=O)N1CCN(Cc2ccnc(Nc3nc4ccc(-c5cn[nH]c5C)nc4s3)c2)CC1. The minimum absolute atomic E-state index is 0.0508. The first-order valence-electron chi connectivity index (χ1n) is 11.1. The standard InChI is InChI=1S/C23H26N8O2S/c1-15-17(12-25-29-15)18-3-4-19-22(26-18)34-23(27-19)28-20-11-16(5-6-24-20)13-30-7-9-31(10-8-30)21(32)14-33-2/h3-6,11-12H,7-10,13-14H2,1-2H3,(H,25,29)(H,24,27,28). The molecule has 0 radical (unpaired) electrons. The highest BCUT2D eigenvalue weighted by molar-refractivity contribution is 7.21. The van der Waals surface area contributed by atoms with Crippen LogP contribution in [-0.2, 0) is 16.1 Å². The van der Waals surface area contributed by atoms with E-state index in [-0.39, 0.29) is 12.5 Å². The molecule has 4 aromatic rings. The summed E-state index contributed by atoms with van der Waals surface area (Å²) in [7, 11) is 1.55. The van der Waals surface area contributed by atoms with Gasteiger partial charge in [0.15, 0.2) is 5.13 Å². The lowest BCUT2D eigenvalue weighted by molar-refractivity contribution is -0.136. The number of piperazine rings is 1. The number of fused-ring (bicyclic) bond motifs is 1. The van der Waals surface area contributed by atoms with Crippen molar-refractivity contribution in [2.45, 2.75) is 13.5 Å². The fourth-order valence-corrected chi connectivity index (χ4v) is 4.85. The van der Waals surface area contributed by atoms with Gasteiger partial charge in [0, 0.05) is 57.3 Å². The number of hydrogen-bond donors (Lipinski definition) is 2. The molecule has 0 saturated carbocycles. The highest BCUT2D eigenvalue weighted by Crippen LogP contribution is 2.29. The van der Waals surface area contributed by atoms with Crippen LogP contribution in [0.4, 0.5) is 10.9 Å². The molecular weight excluding hydrogens is 452 g/mol. The van der Waals surface area contributed by atoms with Gasteiger partial charge in [-0.3, -0.25) is 14.8 Å². The van der Waals surface area contributed by atoms with Crippen LogP contribution < -0.4 is 5.32 Å². The van der Waals surface area contributed by atoms with E-state index in [1.165, 1.54) is 11.3 Å². The van der Waals surface area contributed by atoms with Gasteiger partial charge in [-0.2, -0.15) is 5.10 Å². The van der Waals surface area contributed by atoms with Crippen molar-refractivity contribution in [2.75, 3.05) is 45.2 Å². The van der Waals surface area contributed by atoms with Crippen molar-refractivity contribution in [3.63, 3.8) is 0 Å². The van der Waals surface area contributed by atoms with E-state index >= 15 is 0 Å². The number of hydrogen-bond acceptors (Lipinski definition) is 9. The second kappa shape index (κ2) is 9.84. The summed E-state index contributed by atoms with van der Waals surface area (Å²) in [4.78, 5) is 30.9. The van der Waals surface area contributed by atoms with Crippen LogP contribution in [0.15, 0.2) is 36.7 Å². The van der Waals surface area contributed by atoms with Gasteiger partial charge in [0.25, 0.3) is 0 Å². The Balaban J connectivity index is 1.24. The van der Waals surface area contributed by atoms with Gasteiger partial charge in [-0.15, -0.1) is 0 Å². The first-order chi connectivity index (χ1) is 16.6. The van der Waals surface area contributed by atoms with E-state index < -0.39 is 0 Å². The number of nitrogens with zero attached hydrogens (tertiary/aromatic N) is 6. The topological polar surface area (TPSA) is 112 Å². The predicted octanol–water partition coefficient (Wildman–Crippen LogP) is 2.82. The number of carbonyl (C=O) groups is 1. The average Bonchev–Trinajstić information content (AvgIpc) is 3.44. The van der Waals surface area contributed by atoms with E-state index in [0.717, 1.165) is 76.5 Å². The van der Waals surface area contributed by atoms with Crippen molar-refractivity contribution < 1.29 is 9.53 Å². The molecule has 10 nitrogen and oxygen atoms in total. The fourth-order valence-electron chi connectivity index (χ4n) is 4.01. The zero-order chi connectivity index (χ0) is 23.5. The number of methoxy groups -OCH3 is 1. The Morgan fingerprint density at radius 3 is 2.82 bits per heavy atom. The third-order valence-corrected chi connectivity index (χ3v) is 6.70. The summed E-state index contributed by atoms with van der Waals surface area (Å²) >= 11 is 1.50. The molecule has 0 bridgehead atoms. The van der Waals surface area contributed by atoms with E-state index in [9.17, 15) is 4.79 Å². The van der Waals surface area contributed by atoms with E-state index in [4.69, 9.17) is 9.72 Å². The molecule has 0 aromatic carbocycles. The van der Waals surface area contributed by atoms with Gasteiger partial charge in [-0.1, -0.05) is 11.3 Å². The van der Waals surface area contributed by atoms with Crippen LogP contribution in [0.3, 0.4) is 0 Å². The monoisotopic (exact) mass is 478 g/mol. The number of nitrogens with one attached hydrogen (secondary N) is 2. The summed E-state index contributed by atoms with van der Waals surface area (Å²) in [6.45, 7) is 6.04. The summed E-state index contributed by atoms with van der Waals surface area (Å²) < 4.78 is 4.96. The van der Waals surface area contributed by atoms with Gasteiger partial charge in [-0.05, 0) is 36.8 Å². The lowest BCUT2D eigenvalue weighted by Gasteiger charge is -2.34. The number of pyridine rings is 2. The summed E-state index contributed by atoms with van der Waals surface area (Å²) in [5, 5.41) is 11.1. The van der Waals surface area contributed by atoms with Crippen molar-refractivity contribution in [3.8, 4) is 11.3 Å². The smallest absolute Gasteiger partial charge is 0.248 e. The summed E-state index contributed by atoms with van der Waals surface area (Å²) in [6, 6.07) is 8.01. The number of carbonyl (C=O) groups excluding carboxylic acids is 1. The van der Waals surface area contributed by atoms with Crippen LogP contribution in [0.2, 0.25) is 0 Å². The summed E-state index contributed by atoms with van der Waals surface area (Å²) in [5.41, 5.74) is 4.85. The second-order valence-corrected chi connectivity index (χ2v) is 9.19. The number of rotatable bonds is 7. The minimum atomic E-state index is 0.0508. The molecular formula is C23H26N8O2S. The highest BCUT2D eigenvalue weighted by Gasteiger charge is 2.21. The Morgan fingerprint density at radius 2 is 2.06 bits per heavy atom. The summed E-state index contributed by atoms with van der Waals surface area (Å²) in [5.74, 6) is 0.797. The van der Waals surface area contributed by atoms with Gasteiger partial charge in [0.05, 0.1) is 11.9 Å². The van der Waals surface area contributed by atoms with Gasteiger partial charge in [-0.25, -0.2) is 15.0 Å². The zero-order valence-electron chi connectivity index (χ0n) is 19.1. The molecule has 0 spiro atoms. The molecule has 1 saturated heterocycles. The van der Waals surface area contributed by atoms with Crippen molar-refractivity contribution in [3.05, 3.63) is 47.9 Å². The maximum absolute atomic E-state index is 12.0. The van der Waals surface area contributed by atoms with Crippen molar-refractivity contribution in [2.24, 2.45) is 0 Å². The number of H-pyrrole nitrogens is 1. The van der Waals surface area contributed by atoms with Crippen LogP contribution >= 0.6 is 11.3 Å². The molecule has 2 N–H and O–H groups in total. The van der Waals surface area contributed by atoms with Crippen LogP contribution in [0, 0.1) is 6.92 Å². The number of aromatic nitrogens is 5. The van der Waals surface area contributed by atoms with Gasteiger partial charge in [0.2, 0.25) is 5.91 Å². The maximum atomic E-state index is 12.0. The van der Waals surface area contributed by atoms with E-state index in [1.54, 1.807) is 19.5 Å². The molecule has 0 aliphatic carbocycles. The molecule has 1 fully saturated rings. The Hall–Kier alpha value is -3.41. The van der Waals surface area contributed by atoms with Crippen LogP contribution in [0.25, 0.3) is 21.6 Å². The lowest BCUT2D eigenvalue weighted by atomic mass is 10.2. The highest BCUT2D eigenvalue weighted by atomic mass is 32.1. The number of ether oxygens (including phenoxy) is 1. The van der Waals surface area contributed by atoms with Gasteiger partial charge < -0.3 is 15.0 Å². The van der Waals surface area contributed by atoms with Gasteiger partial charge >= 0.3 is 0 Å². The molecule has 4 aromatic heterocycles. The third-order valence-electron chi connectivity index (χ3n) is 5.82. The normalized spacial score (nSPS) is 14.6. The van der Waals surface area contributed by atoms with Gasteiger partial charge in [0.1, 0.15) is 22.8 Å². The number of aromatic amines is 1. The van der Waals surface area contributed by atoms with Crippen molar-refractivity contribution >= 4 is 38.5 Å². The van der Waals surface area contributed by atoms with Crippen LogP contribution in [0.1, 0.15) is 11.3 Å². The molecule has 1 aliphatic rings. The molecule has 0 atom stereocenters. The van der Waals surface area contributed by atoms with Crippen molar-refractivity contribution in [1.29, 1.82) is 0 Å². The maximum Gasteiger partial charge on any atom is 0.248 e. The fraction of sp³-hybridized carbons (Fsp3) is 0.348. The van der Waals surface area contributed by atoms with E-state index in [1.807, 2.05) is 36.1 Å². The molecule has 11 heteroatoms. The largest absolute Gasteiger partial charge is 0.375 e. The Labute approximate surface area is 201 Å². The Bertz CT molecular complexity index is 1300. The van der Waals surface area contributed by atoms with Crippen LogP contribution in [-0.4, -0.2) is 80.8 Å². The number of amides is 1. The number of aryl methyl sites for hydroxylation is 1. The molecule has 34 heavy (non-hydrogen) atoms. The number of thiazole rings is 1. The first kappa shape index (κ1) is 22.4. The Morgan fingerprint density at radius 1 is 1.21 bits per heavy atom. The van der Waals surface area contributed by atoms with E-state index in [0.29, 0.717) is 0 Å². The van der Waals surface area contributed by atoms with Crippen LogP contribution in [0.5, 0.6) is 0 Å². The van der Waals surface area contributed by atoms with Crippen molar-refractivity contribution in [1.82, 2.24) is 34.9 Å². The zero-order valence-corrected chi connectivity index (χ0v) is 19.9. The summed E-state index contributed by atoms with van der Waals surface area (Å²) in [6.07, 6.45) is 3.60. The Kier molecular flexibility index (Phi) is 6.48. The molecule has 0 unspecified atom stereocenters. The third kappa shape index (κ3) is 4.91. The molecule has 1 aliphatic heterocycles. The quantitative estimate of drug-likeness (QED) is 0.417. The predicted molar refractivity (Wildman–Crippen MR) is 131 cm³/mol. The molecule has 5 rings (SSSR count). The first-order valence-corrected chi connectivity index (χ1v) is 11.9. The molecule has 5 heterocycles. The number of anilines is 2. The second-order valence-electron chi connectivity index (χ2n) is 8.21. The molecule has 1 amide bonds. The molecule has 176 valence electrons. The minimum Gasteiger partial charge on any atom is -0.375 e. The average molecular weight is 479 g/mol.